The maximum atomic E-state index is 10.6. The molecular formula is C20H34O2. The van der Waals surface area contributed by atoms with Crippen molar-refractivity contribution in [3.05, 3.63) is 0 Å². The maximum Gasteiger partial charge on any atom is 0.0596 e. The molecule has 4 aliphatic rings. The van der Waals surface area contributed by atoms with Crippen molar-refractivity contribution < 1.29 is 10.2 Å². The van der Waals surface area contributed by atoms with Gasteiger partial charge in [0.25, 0.3) is 0 Å². The van der Waals surface area contributed by atoms with Crippen molar-refractivity contribution in [3.63, 3.8) is 0 Å². The average molecular weight is 306 g/mol. The highest BCUT2D eigenvalue weighted by molar-refractivity contribution is 5.14. The van der Waals surface area contributed by atoms with Gasteiger partial charge in [0.05, 0.1) is 12.2 Å². The SMILES string of the molecule is C[C@@]12CC[C@H]3C[C@H](O)CC[C@]3(C)[C@H]1CC[C@@]1(C)[C@H]2CC[C@@H]1O. The highest BCUT2D eigenvalue weighted by Gasteiger charge is 2.64. The predicted octanol–water partition coefficient (Wildman–Crippen LogP) is 4.14. The Labute approximate surface area is 135 Å². The van der Waals surface area contributed by atoms with Crippen molar-refractivity contribution in [2.75, 3.05) is 0 Å². The van der Waals surface area contributed by atoms with E-state index in [4.69, 9.17) is 0 Å². The lowest BCUT2D eigenvalue weighted by Gasteiger charge is -2.65. The van der Waals surface area contributed by atoms with Crippen LogP contribution in [-0.4, -0.2) is 22.4 Å². The first-order valence-electron chi connectivity index (χ1n) is 9.67. The van der Waals surface area contributed by atoms with Gasteiger partial charge in [-0.2, -0.15) is 0 Å². The minimum absolute atomic E-state index is 0.0513. The number of rotatable bonds is 0. The van der Waals surface area contributed by atoms with Crippen molar-refractivity contribution in [2.24, 2.45) is 34.0 Å². The molecule has 0 saturated heterocycles. The first kappa shape index (κ1) is 15.4. The van der Waals surface area contributed by atoms with E-state index in [0.717, 1.165) is 31.1 Å². The fourth-order valence-corrected chi connectivity index (χ4v) is 7.89. The monoisotopic (exact) mass is 306 g/mol. The molecule has 2 N–H and O–H groups in total. The molecule has 8 atom stereocenters. The first-order chi connectivity index (χ1) is 10.3. The van der Waals surface area contributed by atoms with Crippen LogP contribution in [0, 0.1) is 34.0 Å². The number of fused-ring (bicyclic) bond motifs is 5. The van der Waals surface area contributed by atoms with Gasteiger partial charge < -0.3 is 10.2 Å². The van der Waals surface area contributed by atoms with Crippen LogP contribution in [0.1, 0.15) is 78.6 Å². The summed E-state index contributed by atoms with van der Waals surface area (Å²) in [6, 6.07) is 0. The number of hydrogen-bond donors (Lipinski definition) is 2. The molecule has 22 heavy (non-hydrogen) atoms. The second-order valence-corrected chi connectivity index (χ2v) is 9.92. The van der Waals surface area contributed by atoms with Crippen molar-refractivity contribution in [2.45, 2.75) is 90.8 Å². The maximum absolute atomic E-state index is 10.6. The highest BCUT2D eigenvalue weighted by atomic mass is 16.3. The van der Waals surface area contributed by atoms with Crippen LogP contribution >= 0.6 is 0 Å². The van der Waals surface area contributed by atoms with Crippen molar-refractivity contribution in [1.29, 1.82) is 0 Å². The molecule has 0 aromatic heterocycles. The molecule has 0 heterocycles. The predicted molar refractivity (Wildman–Crippen MR) is 88.4 cm³/mol. The Morgan fingerprint density at radius 1 is 0.682 bits per heavy atom. The van der Waals surface area contributed by atoms with Crippen molar-refractivity contribution >= 4 is 0 Å². The largest absolute Gasteiger partial charge is 0.393 e. The summed E-state index contributed by atoms with van der Waals surface area (Å²) in [5, 5.41) is 20.7. The third kappa shape index (κ3) is 1.80. The van der Waals surface area contributed by atoms with Crippen molar-refractivity contribution in [1.82, 2.24) is 0 Å². The topological polar surface area (TPSA) is 40.5 Å². The fourth-order valence-electron chi connectivity index (χ4n) is 7.89. The summed E-state index contributed by atoms with van der Waals surface area (Å²) >= 11 is 0. The van der Waals surface area contributed by atoms with Gasteiger partial charge in [-0.25, -0.2) is 0 Å². The van der Waals surface area contributed by atoms with Crippen molar-refractivity contribution in [3.8, 4) is 0 Å². The zero-order chi connectivity index (χ0) is 15.8. The van der Waals surface area contributed by atoms with E-state index < -0.39 is 0 Å². The van der Waals surface area contributed by atoms with Crippen LogP contribution in [0.2, 0.25) is 0 Å². The van der Waals surface area contributed by atoms with Crippen LogP contribution in [0.5, 0.6) is 0 Å². The van der Waals surface area contributed by atoms with Gasteiger partial charge >= 0.3 is 0 Å². The van der Waals surface area contributed by atoms with Crippen LogP contribution in [0.25, 0.3) is 0 Å². The Bertz CT molecular complexity index is 463. The van der Waals surface area contributed by atoms with E-state index in [1.165, 1.54) is 38.5 Å². The van der Waals surface area contributed by atoms with Gasteiger partial charge in [-0.3, -0.25) is 0 Å². The molecule has 126 valence electrons. The second-order valence-electron chi connectivity index (χ2n) is 9.92. The van der Waals surface area contributed by atoms with Gasteiger partial charge in [-0.1, -0.05) is 20.8 Å². The molecule has 0 bridgehead atoms. The molecule has 0 aromatic carbocycles. The lowest BCUT2D eigenvalue weighted by Crippen LogP contribution is -2.59. The summed E-state index contributed by atoms with van der Waals surface area (Å²) in [5.74, 6) is 2.23. The molecule has 2 nitrogen and oxygen atoms in total. The molecule has 0 amide bonds. The van der Waals surface area contributed by atoms with Crippen LogP contribution in [-0.2, 0) is 0 Å². The second kappa shape index (κ2) is 4.72. The molecule has 0 spiro atoms. The Balaban J connectivity index is 1.69. The number of aliphatic hydroxyl groups is 2. The smallest absolute Gasteiger partial charge is 0.0596 e. The summed E-state index contributed by atoms with van der Waals surface area (Å²) in [5.41, 5.74) is 1.02. The molecule has 4 rings (SSSR count). The third-order valence-corrected chi connectivity index (χ3v) is 9.18. The van der Waals surface area contributed by atoms with Crippen LogP contribution < -0.4 is 0 Å². The van der Waals surface area contributed by atoms with E-state index in [-0.39, 0.29) is 17.6 Å². The minimum Gasteiger partial charge on any atom is -0.393 e. The average Bonchev–Trinajstić information content (AvgIpc) is 2.77. The van der Waals surface area contributed by atoms with E-state index >= 15 is 0 Å². The zero-order valence-electron chi connectivity index (χ0n) is 14.6. The quantitative estimate of drug-likeness (QED) is 0.706. The van der Waals surface area contributed by atoms with E-state index in [9.17, 15) is 10.2 Å². The fraction of sp³-hybridized carbons (Fsp3) is 1.00. The third-order valence-electron chi connectivity index (χ3n) is 9.18. The van der Waals surface area contributed by atoms with E-state index in [0.29, 0.717) is 16.7 Å². The van der Waals surface area contributed by atoms with E-state index in [2.05, 4.69) is 20.8 Å². The van der Waals surface area contributed by atoms with Gasteiger partial charge in [-0.05, 0) is 91.8 Å². The highest BCUT2D eigenvalue weighted by Crippen LogP contribution is 2.71. The Morgan fingerprint density at radius 3 is 2.09 bits per heavy atom. The molecule has 0 radical (unpaired) electrons. The zero-order valence-corrected chi connectivity index (χ0v) is 14.6. The Hall–Kier alpha value is -0.0800. The standard InChI is InChI=1S/C20H34O2/c1-18-10-7-14(21)12-13(18)6-9-19(2)15-4-5-17(22)20(15,3)11-8-16(18)19/h13-17,21-22H,4-12H2,1-3H3/t13-,14+,15-,16+,17-,18-,19-,20-/m0/s1. The summed E-state index contributed by atoms with van der Waals surface area (Å²) in [6.45, 7) is 7.47. The van der Waals surface area contributed by atoms with Gasteiger partial charge in [0.2, 0.25) is 0 Å². The minimum atomic E-state index is -0.0750. The molecule has 4 saturated carbocycles. The molecule has 4 aliphatic carbocycles. The van der Waals surface area contributed by atoms with Gasteiger partial charge in [-0.15, -0.1) is 0 Å². The lowest BCUT2D eigenvalue weighted by atomic mass is 9.40. The molecule has 4 fully saturated rings. The van der Waals surface area contributed by atoms with E-state index in [1.807, 2.05) is 0 Å². The van der Waals surface area contributed by atoms with Gasteiger partial charge in [0.1, 0.15) is 0 Å². The van der Waals surface area contributed by atoms with Gasteiger partial charge in [0.15, 0.2) is 0 Å². The molecule has 2 heteroatoms. The summed E-state index contributed by atoms with van der Waals surface area (Å²) in [6.07, 6.45) is 10.5. The molecule has 0 aromatic rings. The number of hydrogen-bond acceptors (Lipinski definition) is 2. The summed E-state index contributed by atoms with van der Waals surface area (Å²) in [7, 11) is 0. The Kier molecular flexibility index (Phi) is 3.32. The van der Waals surface area contributed by atoms with Crippen LogP contribution in [0.15, 0.2) is 0 Å². The normalized spacial score (nSPS) is 61.2. The van der Waals surface area contributed by atoms with E-state index in [1.54, 1.807) is 0 Å². The summed E-state index contributed by atoms with van der Waals surface area (Å²) in [4.78, 5) is 0. The molecule has 0 aliphatic heterocycles. The van der Waals surface area contributed by atoms with Crippen LogP contribution in [0.3, 0.4) is 0 Å². The summed E-state index contributed by atoms with van der Waals surface area (Å²) < 4.78 is 0. The molecular weight excluding hydrogens is 272 g/mol. The molecule has 0 unspecified atom stereocenters. The lowest BCUT2D eigenvalue weighted by molar-refractivity contribution is -0.179. The van der Waals surface area contributed by atoms with Gasteiger partial charge in [0, 0.05) is 0 Å². The number of aliphatic hydroxyl groups excluding tert-OH is 2. The first-order valence-corrected chi connectivity index (χ1v) is 9.67. The van der Waals surface area contributed by atoms with Crippen LogP contribution in [0.4, 0.5) is 0 Å². The Morgan fingerprint density at radius 2 is 1.32 bits per heavy atom.